The van der Waals surface area contributed by atoms with Crippen LogP contribution in [-0.4, -0.2) is 29.3 Å². The van der Waals surface area contributed by atoms with E-state index in [4.69, 9.17) is 15.0 Å². The van der Waals surface area contributed by atoms with Crippen molar-refractivity contribution in [2.45, 2.75) is 12.5 Å². The normalized spacial score (nSPS) is 12.4. The van der Waals surface area contributed by atoms with E-state index in [-0.39, 0.29) is 6.04 Å². The first-order chi connectivity index (χ1) is 9.65. The van der Waals surface area contributed by atoms with Crippen LogP contribution in [0.25, 0.3) is 11.4 Å². The van der Waals surface area contributed by atoms with E-state index in [0.717, 1.165) is 28.0 Å². The van der Waals surface area contributed by atoms with Crippen molar-refractivity contribution >= 4 is 27.7 Å². The number of benzene rings is 1. The highest BCUT2D eigenvalue weighted by Crippen LogP contribution is 2.29. The fourth-order valence-corrected chi connectivity index (χ4v) is 2.71. The van der Waals surface area contributed by atoms with Gasteiger partial charge in [-0.3, -0.25) is 0 Å². The maximum absolute atomic E-state index is 6.01. The Morgan fingerprint density at radius 3 is 2.95 bits per heavy atom. The molecule has 2 aromatic rings. The van der Waals surface area contributed by atoms with Gasteiger partial charge in [0.25, 0.3) is 0 Å². The summed E-state index contributed by atoms with van der Waals surface area (Å²) in [4.78, 5) is 4.36. The molecule has 1 aromatic heterocycles. The van der Waals surface area contributed by atoms with Crippen LogP contribution in [0.4, 0.5) is 0 Å². The molecule has 0 bridgehead atoms. The van der Waals surface area contributed by atoms with E-state index >= 15 is 0 Å². The molecule has 0 saturated heterocycles. The number of methoxy groups -OCH3 is 1. The highest BCUT2D eigenvalue weighted by Gasteiger charge is 2.16. The molecule has 1 atom stereocenters. The Morgan fingerprint density at radius 2 is 2.30 bits per heavy atom. The van der Waals surface area contributed by atoms with Gasteiger partial charge in [0.1, 0.15) is 5.75 Å². The zero-order valence-corrected chi connectivity index (χ0v) is 13.7. The van der Waals surface area contributed by atoms with Crippen LogP contribution < -0.4 is 10.5 Å². The fourth-order valence-electron chi connectivity index (χ4n) is 1.68. The zero-order valence-electron chi connectivity index (χ0n) is 11.3. The van der Waals surface area contributed by atoms with Crippen molar-refractivity contribution in [2.24, 2.45) is 5.73 Å². The molecule has 1 aromatic carbocycles. The van der Waals surface area contributed by atoms with E-state index in [1.54, 1.807) is 18.9 Å². The summed E-state index contributed by atoms with van der Waals surface area (Å²) < 4.78 is 11.3. The molecule has 0 fully saturated rings. The Hall–Kier alpha value is -1.05. The SMILES string of the molecule is COc1ccc(-c2noc(C(N)CCSC)n2)cc1Br. The van der Waals surface area contributed by atoms with E-state index in [2.05, 4.69) is 26.1 Å². The van der Waals surface area contributed by atoms with Crippen LogP contribution in [0.3, 0.4) is 0 Å². The molecule has 7 heteroatoms. The van der Waals surface area contributed by atoms with E-state index < -0.39 is 0 Å². The Morgan fingerprint density at radius 1 is 1.50 bits per heavy atom. The molecular formula is C13H16BrN3O2S. The summed E-state index contributed by atoms with van der Waals surface area (Å²) in [5, 5.41) is 3.98. The number of nitrogens with two attached hydrogens (primary N) is 1. The monoisotopic (exact) mass is 357 g/mol. The molecule has 20 heavy (non-hydrogen) atoms. The highest BCUT2D eigenvalue weighted by atomic mass is 79.9. The second kappa shape index (κ2) is 7.10. The smallest absolute Gasteiger partial charge is 0.243 e. The number of hydrogen-bond acceptors (Lipinski definition) is 6. The van der Waals surface area contributed by atoms with Gasteiger partial charge in [0.05, 0.1) is 17.6 Å². The predicted octanol–water partition coefficient (Wildman–Crippen LogP) is 3.26. The number of ether oxygens (including phenoxy) is 1. The Labute approximate surface area is 130 Å². The maximum atomic E-state index is 6.01. The van der Waals surface area contributed by atoms with Crippen LogP contribution in [0.5, 0.6) is 5.75 Å². The molecule has 0 amide bonds. The minimum atomic E-state index is -0.217. The standard InChI is InChI=1S/C13H16BrN3O2S/c1-18-11-4-3-8(7-9(11)14)12-16-13(19-17-12)10(15)5-6-20-2/h3-4,7,10H,5-6,15H2,1-2H3. The van der Waals surface area contributed by atoms with E-state index in [0.29, 0.717) is 11.7 Å². The average molecular weight is 358 g/mol. The van der Waals surface area contributed by atoms with Crippen molar-refractivity contribution < 1.29 is 9.26 Å². The van der Waals surface area contributed by atoms with Crippen molar-refractivity contribution in [3.05, 3.63) is 28.6 Å². The first-order valence-electron chi connectivity index (χ1n) is 6.07. The molecule has 2 N–H and O–H groups in total. The lowest BCUT2D eigenvalue weighted by molar-refractivity contribution is 0.353. The third kappa shape index (κ3) is 3.53. The quantitative estimate of drug-likeness (QED) is 0.854. The van der Waals surface area contributed by atoms with Crippen LogP contribution in [0.1, 0.15) is 18.4 Å². The molecule has 5 nitrogen and oxygen atoms in total. The first kappa shape index (κ1) is 15.3. The molecule has 0 spiro atoms. The van der Waals surface area contributed by atoms with E-state index in [9.17, 15) is 0 Å². The van der Waals surface area contributed by atoms with Crippen LogP contribution in [0, 0.1) is 0 Å². The summed E-state index contributed by atoms with van der Waals surface area (Å²) in [5.41, 5.74) is 6.86. The number of rotatable bonds is 6. The summed E-state index contributed by atoms with van der Waals surface area (Å²) in [7, 11) is 1.62. The number of aromatic nitrogens is 2. The Balaban J connectivity index is 2.18. The minimum absolute atomic E-state index is 0.217. The molecule has 1 unspecified atom stereocenters. The van der Waals surface area contributed by atoms with Crippen molar-refractivity contribution in [1.82, 2.24) is 10.1 Å². The van der Waals surface area contributed by atoms with Gasteiger partial charge in [-0.1, -0.05) is 5.16 Å². The molecular weight excluding hydrogens is 342 g/mol. The molecule has 0 aliphatic rings. The second-order valence-electron chi connectivity index (χ2n) is 4.19. The van der Waals surface area contributed by atoms with Crippen LogP contribution >= 0.6 is 27.7 Å². The summed E-state index contributed by atoms with van der Waals surface area (Å²) in [6.45, 7) is 0. The molecule has 0 radical (unpaired) electrons. The largest absolute Gasteiger partial charge is 0.496 e. The van der Waals surface area contributed by atoms with Gasteiger partial charge in [0, 0.05) is 5.56 Å². The third-order valence-electron chi connectivity index (χ3n) is 2.80. The van der Waals surface area contributed by atoms with Gasteiger partial charge < -0.3 is 15.0 Å². The fraction of sp³-hybridized carbons (Fsp3) is 0.385. The van der Waals surface area contributed by atoms with Crippen LogP contribution in [0.15, 0.2) is 27.2 Å². The minimum Gasteiger partial charge on any atom is -0.496 e. The van der Waals surface area contributed by atoms with Crippen LogP contribution in [0.2, 0.25) is 0 Å². The molecule has 108 valence electrons. The summed E-state index contributed by atoms with van der Waals surface area (Å²) in [5.74, 6) is 2.73. The highest BCUT2D eigenvalue weighted by molar-refractivity contribution is 9.10. The first-order valence-corrected chi connectivity index (χ1v) is 8.26. The summed E-state index contributed by atoms with van der Waals surface area (Å²) >= 11 is 5.18. The number of hydrogen-bond donors (Lipinski definition) is 1. The topological polar surface area (TPSA) is 74.2 Å². The van der Waals surface area contributed by atoms with Gasteiger partial charge in [0.2, 0.25) is 11.7 Å². The zero-order chi connectivity index (χ0) is 14.5. The van der Waals surface area contributed by atoms with Crippen molar-refractivity contribution in [3.8, 4) is 17.1 Å². The number of halogens is 1. The number of nitrogens with zero attached hydrogens (tertiary/aromatic N) is 2. The lowest BCUT2D eigenvalue weighted by atomic mass is 10.2. The van der Waals surface area contributed by atoms with Gasteiger partial charge in [-0.2, -0.15) is 16.7 Å². The Kier molecular flexibility index (Phi) is 5.45. The van der Waals surface area contributed by atoms with Crippen molar-refractivity contribution in [1.29, 1.82) is 0 Å². The third-order valence-corrected chi connectivity index (χ3v) is 4.07. The van der Waals surface area contributed by atoms with Gasteiger partial charge in [-0.25, -0.2) is 0 Å². The van der Waals surface area contributed by atoms with Crippen molar-refractivity contribution in [2.75, 3.05) is 19.1 Å². The Bertz CT molecular complexity index is 576. The molecule has 0 saturated carbocycles. The average Bonchev–Trinajstić information content (AvgIpc) is 2.94. The summed E-state index contributed by atoms with van der Waals surface area (Å²) in [6, 6.07) is 5.40. The van der Waals surface area contributed by atoms with E-state index in [1.807, 2.05) is 24.5 Å². The maximum Gasteiger partial charge on any atom is 0.243 e. The van der Waals surface area contributed by atoms with Gasteiger partial charge in [-0.15, -0.1) is 0 Å². The molecule has 0 aliphatic carbocycles. The number of thioether (sulfide) groups is 1. The second-order valence-corrected chi connectivity index (χ2v) is 6.03. The molecule has 0 aliphatic heterocycles. The van der Waals surface area contributed by atoms with Crippen LogP contribution in [-0.2, 0) is 0 Å². The summed E-state index contributed by atoms with van der Waals surface area (Å²) in [6.07, 6.45) is 2.86. The lowest BCUT2D eigenvalue weighted by Gasteiger charge is -2.04. The predicted molar refractivity (Wildman–Crippen MR) is 83.9 cm³/mol. The van der Waals surface area contributed by atoms with Gasteiger partial charge >= 0.3 is 0 Å². The lowest BCUT2D eigenvalue weighted by Crippen LogP contribution is -2.11. The van der Waals surface area contributed by atoms with Gasteiger partial charge in [0.15, 0.2) is 0 Å². The molecule has 1 heterocycles. The van der Waals surface area contributed by atoms with Crippen molar-refractivity contribution in [3.63, 3.8) is 0 Å². The van der Waals surface area contributed by atoms with E-state index in [1.165, 1.54) is 0 Å². The van der Waals surface area contributed by atoms with Gasteiger partial charge in [-0.05, 0) is 52.6 Å². The molecule has 2 rings (SSSR count).